The molecule has 5 nitrogen and oxygen atoms in total. The van der Waals surface area contributed by atoms with Gasteiger partial charge in [0.25, 0.3) is 5.91 Å². The summed E-state index contributed by atoms with van der Waals surface area (Å²) in [6, 6.07) is 7.65. The maximum absolute atomic E-state index is 12.1. The van der Waals surface area contributed by atoms with E-state index in [9.17, 15) is 9.90 Å². The van der Waals surface area contributed by atoms with E-state index in [-0.39, 0.29) is 12.5 Å². The first-order valence-corrected chi connectivity index (χ1v) is 6.77. The van der Waals surface area contributed by atoms with Crippen molar-refractivity contribution in [2.24, 2.45) is 0 Å². The van der Waals surface area contributed by atoms with Gasteiger partial charge in [-0.05, 0) is 32.6 Å². The average molecular weight is 278 g/mol. The quantitative estimate of drug-likeness (QED) is 0.819. The van der Waals surface area contributed by atoms with Gasteiger partial charge in [0, 0.05) is 19.5 Å². The van der Waals surface area contributed by atoms with Crippen molar-refractivity contribution in [3.8, 4) is 5.75 Å². The van der Waals surface area contributed by atoms with Crippen LogP contribution in [0.15, 0.2) is 24.3 Å². The molecule has 0 fully saturated rings. The number of aliphatic hydroxyl groups is 1. The number of nitrogens with zero attached hydrogens (tertiary/aromatic N) is 1. The van der Waals surface area contributed by atoms with Crippen LogP contribution in [0.25, 0.3) is 0 Å². The zero-order valence-corrected chi connectivity index (χ0v) is 12.2. The third kappa shape index (κ3) is 3.71. The van der Waals surface area contributed by atoms with Crippen LogP contribution in [0, 0.1) is 0 Å². The summed E-state index contributed by atoms with van der Waals surface area (Å²) >= 11 is 0. The van der Waals surface area contributed by atoms with Crippen molar-refractivity contribution in [3.05, 3.63) is 29.8 Å². The van der Waals surface area contributed by atoms with E-state index in [1.165, 1.54) is 0 Å². The van der Waals surface area contributed by atoms with E-state index < -0.39 is 11.7 Å². The van der Waals surface area contributed by atoms with Crippen LogP contribution in [-0.2, 0) is 11.2 Å². The molecule has 0 saturated heterocycles. The minimum Gasteiger partial charge on any atom is -0.480 e. The third-order valence-electron chi connectivity index (χ3n) is 3.24. The fourth-order valence-electron chi connectivity index (χ4n) is 2.46. The molecule has 1 aromatic carbocycles. The number of fused-ring (bicyclic) bond motifs is 1. The van der Waals surface area contributed by atoms with Gasteiger partial charge >= 0.3 is 0 Å². The van der Waals surface area contributed by atoms with E-state index in [1.807, 2.05) is 43.3 Å². The number of rotatable bonds is 5. The van der Waals surface area contributed by atoms with Gasteiger partial charge in [-0.3, -0.25) is 4.79 Å². The van der Waals surface area contributed by atoms with Crippen LogP contribution >= 0.6 is 0 Å². The van der Waals surface area contributed by atoms with Crippen molar-refractivity contribution in [1.29, 1.82) is 0 Å². The van der Waals surface area contributed by atoms with Crippen LogP contribution in [-0.4, -0.2) is 54.8 Å². The molecule has 2 N–H and O–H groups in total. The number of hydrogen-bond donors (Lipinski definition) is 2. The molecular formula is C15H22N2O3. The number of amides is 1. The molecular weight excluding hydrogens is 256 g/mol. The van der Waals surface area contributed by atoms with Gasteiger partial charge in [-0.2, -0.15) is 0 Å². The lowest BCUT2D eigenvalue weighted by molar-refractivity contribution is -0.128. The minimum absolute atomic E-state index is 0.180. The zero-order chi connectivity index (χ0) is 14.8. The summed E-state index contributed by atoms with van der Waals surface area (Å²) in [5.74, 6) is 0.591. The lowest BCUT2D eigenvalue weighted by atomic mass is 10.1. The summed E-state index contributed by atoms with van der Waals surface area (Å²) in [6.07, 6.45) is 0.0835. The Morgan fingerprint density at radius 1 is 1.50 bits per heavy atom. The Kier molecular flexibility index (Phi) is 4.30. The maximum atomic E-state index is 12.1. The highest BCUT2D eigenvalue weighted by Crippen LogP contribution is 2.28. The topological polar surface area (TPSA) is 61.8 Å². The fourth-order valence-corrected chi connectivity index (χ4v) is 2.46. The number of carbonyl (C=O) groups is 1. The molecule has 0 bridgehead atoms. The van der Waals surface area contributed by atoms with Gasteiger partial charge in [-0.1, -0.05) is 18.2 Å². The number of nitrogens with one attached hydrogen (secondary N) is 1. The molecule has 1 aromatic rings. The summed E-state index contributed by atoms with van der Waals surface area (Å²) in [6.45, 7) is 2.40. The van der Waals surface area contributed by atoms with E-state index in [1.54, 1.807) is 6.92 Å². The van der Waals surface area contributed by atoms with Gasteiger partial charge in [0.15, 0.2) is 6.10 Å². The molecule has 0 saturated carbocycles. The van der Waals surface area contributed by atoms with Gasteiger partial charge in [0.2, 0.25) is 0 Å². The monoisotopic (exact) mass is 278 g/mol. The predicted molar refractivity (Wildman–Crippen MR) is 76.7 cm³/mol. The molecule has 2 rings (SSSR count). The first kappa shape index (κ1) is 14.8. The highest BCUT2D eigenvalue weighted by Gasteiger charge is 2.30. The molecule has 20 heavy (non-hydrogen) atoms. The maximum Gasteiger partial charge on any atom is 0.261 e. The summed E-state index contributed by atoms with van der Waals surface area (Å²) < 4.78 is 5.61. The normalized spacial score (nSPS) is 20.1. The van der Waals surface area contributed by atoms with E-state index >= 15 is 0 Å². The second kappa shape index (κ2) is 5.81. The van der Waals surface area contributed by atoms with Crippen LogP contribution < -0.4 is 10.1 Å². The van der Waals surface area contributed by atoms with Crippen molar-refractivity contribution >= 4 is 5.91 Å². The van der Waals surface area contributed by atoms with Crippen molar-refractivity contribution in [3.63, 3.8) is 0 Å². The van der Waals surface area contributed by atoms with Gasteiger partial charge in [-0.15, -0.1) is 0 Å². The van der Waals surface area contributed by atoms with Crippen LogP contribution in [0.4, 0.5) is 0 Å². The van der Waals surface area contributed by atoms with Crippen LogP contribution in [0.2, 0.25) is 0 Å². The number of para-hydroxylation sites is 1. The molecule has 0 aliphatic carbocycles. The standard InChI is InChI=1S/C15H22N2O3/c1-15(19,10-17(2)3)9-16-14(18)13-8-11-6-4-5-7-12(11)20-13/h4-7,13,19H,8-10H2,1-3H3,(H,16,18). The number of benzene rings is 1. The summed E-state index contributed by atoms with van der Waals surface area (Å²) in [5, 5.41) is 12.9. The van der Waals surface area contributed by atoms with Crippen molar-refractivity contribution < 1.29 is 14.6 Å². The van der Waals surface area contributed by atoms with Gasteiger partial charge in [0.1, 0.15) is 5.75 Å². The summed E-state index contributed by atoms with van der Waals surface area (Å²) in [5.41, 5.74) is 0.0950. The molecule has 0 spiro atoms. The Morgan fingerprint density at radius 3 is 2.85 bits per heavy atom. The number of ether oxygens (including phenoxy) is 1. The average Bonchev–Trinajstić information content (AvgIpc) is 2.78. The second-order valence-electron chi connectivity index (χ2n) is 5.87. The Balaban J connectivity index is 1.85. The first-order valence-electron chi connectivity index (χ1n) is 6.77. The SMILES string of the molecule is CN(C)CC(C)(O)CNC(=O)C1Cc2ccccc2O1. The van der Waals surface area contributed by atoms with E-state index in [4.69, 9.17) is 4.74 Å². The van der Waals surface area contributed by atoms with Gasteiger partial charge < -0.3 is 20.1 Å². The molecule has 1 aliphatic heterocycles. The van der Waals surface area contributed by atoms with Gasteiger partial charge in [0.05, 0.1) is 5.60 Å². The van der Waals surface area contributed by atoms with E-state index in [0.717, 1.165) is 11.3 Å². The molecule has 1 aliphatic rings. The summed E-state index contributed by atoms with van der Waals surface area (Å²) in [7, 11) is 3.76. The molecule has 2 unspecified atom stereocenters. The third-order valence-corrected chi connectivity index (χ3v) is 3.24. The Labute approximate surface area is 119 Å². The first-order chi connectivity index (χ1) is 9.37. The van der Waals surface area contributed by atoms with Gasteiger partial charge in [-0.25, -0.2) is 0 Å². The van der Waals surface area contributed by atoms with Crippen LogP contribution in [0.3, 0.4) is 0 Å². The number of hydrogen-bond acceptors (Lipinski definition) is 4. The fraction of sp³-hybridized carbons (Fsp3) is 0.533. The van der Waals surface area contributed by atoms with Crippen molar-refractivity contribution in [2.75, 3.05) is 27.2 Å². The molecule has 1 heterocycles. The smallest absolute Gasteiger partial charge is 0.261 e. The van der Waals surface area contributed by atoms with Crippen molar-refractivity contribution in [2.45, 2.75) is 25.0 Å². The largest absolute Gasteiger partial charge is 0.480 e. The predicted octanol–water partition coefficient (Wildman–Crippen LogP) is 0.419. The van der Waals surface area contributed by atoms with Crippen LogP contribution in [0.5, 0.6) is 5.75 Å². The van der Waals surface area contributed by atoms with Crippen LogP contribution in [0.1, 0.15) is 12.5 Å². The molecule has 5 heteroatoms. The summed E-state index contributed by atoms with van der Waals surface area (Å²) in [4.78, 5) is 14.0. The molecule has 0 radical (unpaired) electrons. The highest BCUT2D eigenvalue weighted by molar-refractivity contribution is 5.82. The Bertz CT molecular complexity index is 461. The zero-order valence-electron chi connectivity index (χ0n) is 12.2. The molecule has 1 amide bonds. The number of carbonyl (C=O) groups excluding carboxylic acids is 1. The second-order valence-corrected chi connectivity index (χ2v) is 5.87. The Hall–Kier alpha value is -1.59. The lowest BCUT2D eigenvalue weighted by Gasteiger charge is -2.27. The Morgan fingerprint density at radius 2 is 2.20 bits per heavy atom. The van der Waals surface area contributed by atoms with Crippen molar-refractivity contribution in [1.82, 2.24) is 10.2 Å². The highest BCUT2D eigenvalue weighted by atomic mass is 16.5. The number of likely N-dealkylation sites (N-methyl/N-ethyl adjacent to an activating group) is 1. The van der Waals surface area contributed by atoms with E-state index in [0.29, 0.717) is 13.0 Å². The molecule has 110 valence electrons. The molecule has 2 atom stereocenters. The minimum atomic E-state index is -0.954. The molecule has 0 aromatic heterocycles. The van der Waals surface area contributed by atoms with E-state index in [2.05, 4.69) is 5.32 Å². The lowest BCUT2D eigenvalue weighted by Crippen LogP contribution is -2.49.